The Bertz CT molecular complexity index is 646. The minimum Gasteiger partial charge on any atom is -0.361 e. The normalized spacial score (nSPS) is 16.5. The molecule has 1 aromatic carbocycles. The lowest BCUT2D eigenvalue weighted by atomic mass is 10.0. The predicted molar refractivity (Wildman–Crippen MR) is 105 cm³/mol. The summed E-state index contributed by atoms with van der Waals surface area (Å²) in [6.07, 6.45) is 2.88. The van der Waals surface area contributed by atoms with Gasteiger partial charge in [0.25, 0.3) is 0 Å². The van der Waals surface area contributed by atoms with E-state index in [9.17, 15) is 9.59 Å². The molecule has 0 aliphatic carbocycles. The molecule has 2 rings (SSSR count). The highest BCUT2D eigenvalue weighted by Crippen LogP contribution is 2.38. The molecular formula is C19H28ClN3O2. The second-order valence-corrected chi connectivity index (χ2v) is 6.13. The lowest BCUT2D eigenvalue weighted by Crippen LogP contribution is -2.48. The smallest absolute Gasteiger partial charge is 0.246 e. The van der Waals surface area contributed by atoms with Gasteiger partial charge in [-0.1, -0.05) is 39.0 Å². The molecule has 138 valence electrons. The molecule has 1 atom stereocenters. The van der Waals surface area contributed by atoms with E-state index in [0.717, 1.165) is 35.5 Å². The minimum absolute atomic E-state index is 0.0727. The molecule has 1 N–H and O–H groups in total. The molecule has 5 nitrogen and oxygen atoms in total. The fourth-order valence-electron chi connectivity index (χ4n) is 2.97. The van der Waals surface area contributed by atoms with Gasteiger partial charge in [-0.3, -0.25) is 9.59 Å². The first kappa shape index (κ1) is 21.0. The Morgan fingerprint density at radius 2 is 2.00 bits per heavy atom. The van der Waals surface area contributed by atoms with E-state index in [0.29, 0.717) is 17.9 Å². The number of benzene rings is 1. The van der Waals surface area contributed by atoms with Crippen molar-refractivity contribution in [2.75, 3.05) is 23.9 Å². The summed E-state index contributed by atoms with van der Waals surface area (Å²) in [6, 6.07) is 3.37. The van der Waals surface area contributed by atoms with Crippen LogP contribution in [0.2, 0.25) is 5.02 Å². The number of hydrogen-bond acceptors (Lipinski definition) is 3. The van der Waals surface area contributed by atoms with Gasteiger partial charge in [0.2, 0.25) is 12.3 Å². The summed E-state index contributed by atoms with van der Waals surface area (Å²) in [5, 5.41) is 3.42. The largest absolute Gasteiger partial charge is 0.361 e. The lowest BCUT2D eigenvalue weighted by Gasteiger charge is -2.35. The molecule has 0 aromatic heterocycles. The first-order chi connectivity index (χ1) is 11.9. The monoisotopic (exact) mass is 365 g/mol. The molecule has 0 spiro atoms. The number of nitrogens with one attached hydrogen (secondary N) is 1. The number of likely N-dealkylation sites (N-methyl/N-ethyl adjacent to an activating group) is 1. The Morgan fingerprint density at radius 1 is 1.36 bits per heavy atom. The fraction of sp³-hybridized carbons (Fsp3) is 0.474. The van der Waals surface area contributed by atoms with Gasteiger partial charge in [0.1, 0.15) is 6.04 Å². The van der Waals surface area contributed by atoms with E-state index in [1.165, 1.54) is 4.90 Å². The molecular weight excluding hydrogens is 338 g/mol. The molecule has 1 saturated heterocycles. The van der Waals surface area contributed by atoms with E-state index >= 15 is 0 Å². The number of hydrogen-bond donors (Lipinski definition) is 1. The van der Waals surface area contributed by atoms with Crippen LogP contribution >= 0.6 is 11.6 Å². The number of piperidine rings is 1. The molecule has 1 aromatic rings. The third kappa shape index (κ3) is 4.54. The van der Waals surface area contributed by atoms with Crippen LogP contribution in [0.5, 0.6) is 0 Å². The number of anilines is 2. The second-order valence-electron chi connectivity index (χ2n) is 5.72. The second kappa shape index (κ2) is 9.47. The van der Waals surface area contributed by atoms with Gasteiger partial charge in [-0.25, -0.2) is 0 Å². The summed E-state index contributed by atoms with van der Waals surface area (Å²) in [5.41, 5.74) is 3.20. The molecule has 0 bridgehead atoms. The van der Waals surface area contributed by atoms with E-state index in [1.807, 2.05) is 44.9 Å². The third-order valence-corrected chi connectivity index (χ3v) is 4.59. The standard InChI is InChI=1S/C17H22ClN3O2.C2H6/c1-5-12-13(18)7-9-14(16(12)20(3)10-22)21(4)15-8-6-11(2)19-17(15)23;1-2/h7,9-10,15H,2,5-6,8H2,1,3-4H3,(H,19,23);1-2H3. The maximum absolute atomic E-state index is 12.3. The van der Waals surface area contributed by atoms with Crippen LogP contribution < -0.4 is 15.1 Å². The van der Waals surface area contributed by atoms with E-state index in [4.69, 9.17) is 11.6 Å². The van der Waals surface area contributed by atoms with E-state index < -0.39 is 0 Å². The van der Waals surface area contributed by atoms with Crippen LogP contribution in [0.4, 0.5) is 11.4 Å². The average molecular weight is 366 g/mol. The Hall–Kier alpha value is -2.01. The van der Waals surface area contributed by atoms with Crippen molar-refractivity contribution in [2.45, 2.75) is 46.1 Å². The summed E-state index contributed by atoms with van der Waals surface area (Å²) in [7, 11) is 3.56. The minimum atomic E-state index is -0.301. The van der Waals surface area contributed by atoms with Crippen molar-refractivity contribution in [3.8, 4) is 0 Å². The van der Waals surface area contributed by atoms with Gasteiger partial charge >= 0.3 is 0 Å². The van der Waals surface area contributed by atoms with Gasteiger partial charge in [-0.05, 0) is 37.0 Å². The van der Waals surface area contributed by atoms with Crippen LogP contribution in [0.15, 0.2) is 24.4 Å². The predicted octanol–water partition coefficient (Wildman–Crippen LogP) is 3.75. The lowest BCUT2D eigenvalue weighted by molar-refractivity contribution is -0.122. The Balaban J connectivity index is 0.00000151. The zero-order valence-electron chi connectivity index (χ0n) is 15.7. The number of halogens is 1. The van der Waals surface area contributed by atoms with Crippen LogP contribution in [0.3, 0.4) is 0 Å². The van der Waals surface area contributed by atoms with Gasteiger partial charge < -0.3 is 15.1 Å². The van der Waals surface area contributed by atoms with Crippen LogP contribution in [0.1, 0.15) is 39.2 Å². The Morgan fingerprint density at radius 3 is 2.52 bits per heavy atom. The highest BCUT2D eigenvalue weighted by Gasteiger charge is 2.30. The van der Waals surface area contributed by atoms with Gasteiger partial charge in [0.05, 0.1) is 11.4 Å². The maximum Gasteiger partial charge on any atom is 0.246 e. The van der Waals surface area contributed by atoms with Gasteiger partial charge in [0, 0.05) is 24.8 Å². The molecule has 25 heavy (non-hydrogen) atoms. The molecule has 1 unspecified atom stereocenters. The Kier molecular flexibility index (Phi) is 7.97. The quantitative estimate of drug-likeness (QED) is 0.808. The summed E-state index contributed by atoms with van der Waals surface area (Å²) in [4.78, 5) is 27.0. The molecule has 0 saturated carbocycles. The number of rotatable bonds is 5. The number of amides is 2. The van der Waals surface area contributed by atoms with Crippen molar-refractivity contribution in [3.63, 3.8) is 0 Å². The maximum atomic E-state index is 12.3. The van der Waals surface area contributed by atoms with Crippen molar-refractivity contribution in [3.05, 3.63) is 35.0 Å². The van der Waals surface area contributed by atoms with E-state index in [2.05, 4.69) is 11.9 Å². The summed E-state index contributed by atoms with van der Waals surface area (Å²) in [5.74, 6) is -0.0727. The van der Waals surface area contributed by atoms with Crippen molar-refractivity contribution in [1.29, 1.82) is 0 Å². The average Bonchev–Trinajstić information content (AvgIpc) is 2.61. The summed E-state index contributed by atoms with van der Waals surface area (Å²) >= 11 is 6.29. The SMILES string of the molecule is C=C1CCC(N(C)c2ccc(Cl)c(CC)c2N(C)C=O)C(=O)N1.CC. The van der Waals surface area contributed by atoms with Gasteiger partial charge in [0.15, 0.2) is 0 Å². The zero-order valence-corrected chi connectivity index (χ0v) is 16.5. The van der Waals surface area contributed by atoms with E-state index in [1.54, 1.807) is 7.05 Å². The summed E-state index contributed by atoms with van der Waals surface area (Å²) in [6.45, 7) is 9.80. The fourth-order valence-corrected chi connectivity index (χ4v) is 3.25. The number of carbonyl (C=O) groups excluding carboxylic acids is 2. The molecule has 0 radical (unpaired) electrons. The third-order valence-electron chi connectivity index (χ3n) is 4.24. The zero-order chi connectivity index (χ0) is 19.1. The van der Waals surface area contributed by atoms with Gasteiger partial charge in [-0.2, -0.15) is 0 Å². The number of nitrogens with zero attached hydrogens (tertiary/aromatic N) is 2. The molecule has 1 fully saturated rings. The highest BCUT2D eigenvalue weighted by atomic mass is 35.5. The van der Waals surface area contributed by atoms with Crippen LogP contribution in [0, 0.1) is 0 Å². The van der Waals surface area contributed by atoms with E-state index in [-0.39, 0.29) is 11.9 Å². The topological polar surface area (TPSA) is 52.7 Å². The van der Waals surface area contributed by atoms with Crippen molar-refractivity contribution < 1.29 is 9.59 Å². The number of allylic oxidation sites excluding steroid dienone is 1. The van der Waals surface area contributed by atoms with Crippen LogP contribution in [0.25, 0.3) is 0 Å². The van der Waals surface area contributed by atoms with Gasteiger partial charge in [-0.15, -0.1) is 0 Å². The first-order valence-corrected chi connectivity index (χ1v) is 8.99. The van der Waals surface area contributed by atoms with Crippen LogP contribution in [-0.2, 0) is 16.0 Å². The molecule has 1 heterocycles. The molecule has 6 heteroatoms. The molecule has 1 aliphatic rings. The van der Waals surface area contributed by atoms with Crippen molar-refractivity contribution in [2.24, 2.45) is 0 Å². The molecule has 2 amide bonds. The molecule has 1 aliphatic heterocycles. The first-order valence-electron chi connectivity index (χ1n) is 8.61. The summed E-state index contributed by atoms with van der Waals surface area (Å²) < 4.78 is 0. The number of carbonyl (C=O) groups is 2. The van der Waals surface area contributed by atoms with Crippen LogP contribution in [-0.4, -0.2) is 32.5 Å². The highest BCUT2D eigenvalue weighted by molar-refractivity contribution is 6.32. The Labute approximate surface area is 155 Å². The van der Waals surface area contributed by atoms with Crippen molar-refractivity contribution >= 4 is 35.3 Å². The van der Waals surface area contributed by atoms with Crippen molar-refractivity contribution in [1.82, 2.24) is 5.32 Å².